The second-order valence-corrected chi connectivity index (χ2v) is 11.1. The van der Waals surface area contributed by atoms with Crippen LogP contribution in [0.5, 0.6) is 0 Å². The molecular formula is C20H14ClN7O6S3. The Morgan fingerprint density at radius 1 is 1.38 bits per heavy atom. The normalized spacial score (nSPS) is 19.8. The molecule has 1 saturated heterocycles. The van der Waals surface area contributed by atoms with Crippen molar-refractivity contribution < 1.29 is 29.2 Å². The molecule has 5 N–H and O–H groups in total. The van der Waals surface area contributed by atoms with Crippen LogP contribution < -0.4 is 11.1 Å². The Labute approximate surface area is 224 Å². The zero-order chi connectivity index (χ0) is 26.3. The maximum atomic E-state index is 12.9. The number of carbonyl (C=O) groups is 3. The number of halogens is 1. The minimum Gasteiger partial charge on any atom is -0.477 e. The van der Waals surface area contributed by atoms with Crippen molar-refractivity contribution in [1.29, 1.82) is 0 Å². The number of oxime groups is 1. The summed E-state index contributed by atoms with van der Waals surface area (Å²) in [5, 5.41) is 30.4. The molecule has 17 heteroatoms. The number of nitrogen functional groups attached to an aromatic ring is 1. The van der Waals surface area contributed by atoms with Gasteiger partial charge in [0.1, 0.15) is 37.8 Å². The summed E-state index contributed by atoms with van der Waals surface area (Å²) in [5.41, 5.74) is 5.64. The number of carbonyl (C=O) groups excluding carboxylic acids is 2. The van der Waals surface area contributed by atoms with E-state index in [-0.39, 0.29) is 26.6 Å². The molecule has 0 unspecified atom stereocenters. The second-order valence-electron chi connectivity index (χ2n) is 7.45. The predicted octanol–water partition coefficient (Wildman–Crippen LogP) is 2.12. The number of allylic oxidation sites excluding steroid dienone is 1. The number of thiazole rings is 2. The van der Waals surface area contributed by atoms with Crippen molar-refractivity contribution in [2.75, 3.05) is 11.5 Å². The van der Waals surface area contributed by atoms with Crippen LogP contribution in [0.25, 0.3) is 16.8 Å². The van der Waals surface area contributed by atoms with Crippen molar-refractivity contribution in [3.8, 4) is 10.7 Å². The molecule has 3 aromatic rings. The van der Waals surface area contributed by atoms with E-state index in [2.05, 4.69) is 25.6 Å². The first-order valence-corrected chi connectivity index (χ1v) is 13.3. The SMILES string of the molecule is Nc1nc(/C(=N/O)C(=O)N[C@@H]2C(=O)N3C(C(=O)O)=C(/C=C\c4cc(-c5nccs5)no4)CS[C@H]23)c(Cl)s1. The van der Waals surface area contributed by atoms with Gasteiger partial charge in [-0.1, -0.05) is 39.3 Å². The van der Waals surface area contributed by atoms with Crippen molar-refractivity contribution in [3.05, 3.63) is 50.8 Å². The van der Waals surface area contributed by atoms with Gasteiger partial charge >= 0.3 is 5.97 Å². The van der Waals surface area contributed by atoms with Gasteiger partial charge in [-0.05, 0) is 11.6 Å². The minimum absolute atomic E-state index is 0.0344. The Bertz CT molecular complexity index is 1500. The van der Waals surface area contributed by atoms with Crippen molar-refractivity contribution >= 4 is 80.7 Å². The average Bonchev–Trinajstić information content (AvgIpc) is 3.62. The first-order chi connectivity index (χ1) is 17.8. The van der Waals surface area contributed by atoms with E-state index in [0.29, 0.717) is 22.0 Å². The number of aromatic nitrogens is 3. The predicted molar refractivity (Wildman–Crippen MR) is 136 cm³/mol. The number of β-lactam (4-membered cyclic amide) rings is 1. The zero-order valence-electron chi connectivity index (χ0n) is 18.2. The number of anilines is 1. The van der Waals surface area contributed by atoms with Crippen molar-refractivity contribution in [3.63, 3.8) is 0 Å². The van der Waals surface area contributed by atoms with Crippen molar-refractivity contribution in [2.45, 2.75) is 11.4 Å². The topological polar surface area (TPSA) is 197 Å². The number of hydrogen-bond donors (Lipinski definition) is 4. The molecule has 0 saturated carbocycles. The summed E-state index contributed by atoms with van der Waals surface area (Å²) < 4.78 is 5.30. The highest BCUT2D eigenvalue weighted by Crippen LogP contribution is 2.41. The quantitative estimate of drug-likeness (QED) is 0.138. The Balaban J connectivity index is 1.33. The molecule has 0 spiro atoms. The maximum Gasteiger partial charge on any atom is 0.352 e. The number of nitrogens with zero attached hydrogens (tertiary/aromatic N) is 5. The second kappa shape index (κ2) is 9.97. The van der Waals surface area contributed by atoms with Gasteiger partial charge in [0.05, 0.1) is 0 Å². The summed E-state index contributed by atoms with van der Waals surface area (Å²) >= 11 is 9.53. The number of hydrogen-bond acceptors (Lipinski definition) is 13. The summed E-state index contributed by atoms with van der Waals surface area (Å²) in [4.78, 5) is 46.8. The van der Waals surface area contributed by atoms with Crippen LogP contribution in [-0.4, -0.2) is 71.0 Å². The highest BCUT2D eigenvalue weighted by Gasteiger charge is 2.54. The summed E-state index contributed by atoms with van der Waals surface area (Å²) in [6.45, 7) is 0. The van der Waals surface area contributed by atoms with Crippen LogP contribution in [0.4, 0.5) is 5.13 Å². The van der Waals surface area contributed by atoms with Crippen LogP contribution >= 0.6 is 46.0 Å². The lowest BCUT2D eigenvalue weighted by atomic mass is 10.0. The molecule has 0 bridgehead atoms. The summed E-state index contributed by atoms with van der Waals surface area (Å²) in [6, 6.07) is 0.608. The van der Waals surface area contributed by atoms with Gasteiger partial charge in [0.25, 0.3) is 11.8 Å². The van der Waals surface area contributed by atoms with Gasteiger partial charge in [0.2, 0.25) is 0 Å². The lowest BCUT2D eigenvalue weighted by Crippen LogP contribution is -2.71. The van der Waals surface area contributed by atoms with E-state index in [9.17, 15) is 24.7 Å². The van der Waals surface area contributed by atoms with Gasteiger partial charge in [-0.3, -0.25) is 14.5 Å². The van der Waals surface area contributed by atoms with Gasteiger partial charge in [-0.15, -0.1) is 23.1 Å². The molecule has 5 rings (SSSR count). The summed E-state index contributed by atoms with van der Waals surface area (Å²) in [6.07, 6.45) is 4.74. The van der Waals surface area contributed by atoms with E-state index in [4.69, 9.17) is 21.9 Å². The Hall–Kier alpha value is -3.73. The Kier molecular flexibility index (Phi) is 6.72. The molecule has 13 nitrogen and oxygen atoms in total. The number of nitrogens with two attached hydrogens (primary N) is 1. The zero-order valence-corrected chi connectivity index (χ0v) is 21.4. The Morgan fingerprint density at radius 2 is 2.19 bits per heavy atom. The molecule has 2 amide bonds. The Morgan fingerprint density at radius 3 is 2.84 bits per heavy atom. The molecule has 2 aliphatic rings. The molecule has 0 aromatic carbocycles. The van der Waals surface area contributed by atoms with Crippen LogP contribution in [0.2, 0.25) is 4.34 Å². The van der Waals surface area contributed by atoms with Gasteiger partial charge in [0, 0.05) is 23.4 Å². The molecule has 37 heavy (non-hydrogen) atoms. The van der Waals surface area contributed by atoms with Gasteiger partial charge in [0.15, 0.2) is 16.6 Å². The van der Waals surface area contributed by atoms with E-state index in [1.807, 2.05) is 0 Å². The minimum atomic E-state index is -1.30. The molecule has 3 aromatic heterocycles. The van der Waals surface area contributed by atoms with E-state index in [0.717, 1.165) is 16.2 Å². The molecular weight excluding hydrogens is 566 g/mol. The first kappa shape index (κ1) is 24.9. The number of rotatable bonds is 7. The van der Waals surface area contributed by atoms with Gasteiger partial charge in [-0.2, -0.15) is 0 Å². The van der Waals surface area contributed by atoms with Crippen LogP contribution in [0.15, 0.2) is 44.7 Å². The third kappa shape index (κ3) is 4.59. The monoisotopic (exact) mass is 579 g/mol. The van der Waals surface area contributed by atoms with Gasteiger partial charge < -0.3 is 25.9 Å². The smallest absolute Gasteiger partial charge is 0.352 e. The van der Waals surface area contributed by atoms with E-state index in [1.165, 1.54) is 23.1 Å². The third-order valence-electron chi connectivity index (χ3n) is 5.26. The number of carboxylic acids is 1. The number of nitrogens with one attached hydrogen (secondary N) is 1. The fourth-order valence-electron chi connectivity index (χ4n) is 3.65. The standard InChI is InChI=1S/C20H14ClN7O6S3/c21-14-10(25-20(22)37-14)11(26-33)15(29)24-12-17(30)28-13(19(31)32)7(6-36-18(12)28)1-2-8-5-9(27-34-8)16-23-3-4-35-16/h1-5,12,18,33H,6H2,(H2,22,25)(H,24,29)(H,31,32)/b2-1-,26-11-/t12-,18-/m1/s1. The number of thioether (sulfide) groups is 1. The van der Waals surface area contributed by atoms with E-state index >= 15 is 0 Å². The number of carboxylic acid groups (broad SMARTS) is 1. The highest BCUT2D eigenvalue weighted by atomic mass is 35.5. The summed E-state index contributed by atoms with van der Waals surface area (Å²) in [7, 11) is 0. The lowest BCUT2D eigenvalue weighted by molar-refractivity contribution is -0.150. The number of fused-ring (bicyclic) bond motifs is 1. The number of aliphatic carboxylic acids is 1. The van der Waals surface area contributed by atoms with Crippen LogP contribution in [0.1, 0.15) is 11.5 Å². The molecule has 5 heterocycles. The van der Waals surface area contributed by atoms with Crippen molar-refractivity contribution in [1.82, 2.24) is 25.3 Å². The molecule has 190 valence electrons. The third-order valence-corrected chi connectivity index (χ3v) is 8.44. The molecule has 2 atom stereocenters. The first-order valence-electron chi connectivity index (χ1n) is 10.2. The van der Waals surface area contributed by atoms with E-state index < -0.39 is 34.9 Å². The molecule has 2 aliphatic heterocycles. The molecule has 1 fully saturated rings. The maximum absolute atomic E-state index is 12.9. The van der Waals surface area contributed by atoms with E-state index in [1.54, 1.807) is 29.8 Å². The molecule has 0 aliphatic carbocycles. The lowest BCUT2D eigenvalue weighted by Gasteiger charge is -2.49. The highest BCUT2D eigenvalue weighted by molar-refractivity contribution is 8.00. The van der Waals surface area contributed by atoms with Crippen molar-refractivity contribution in [2.24, 2.45) is 5.16 Å². The fraction of sp³-hybridized carbons (Fsp3) is 0.150. The largest absolute Gasteiger partial charge is 0.477 e. The van der Waals surface area contributed by atoms with Crippen LogP contribution in [0.3, 0.4) is 0 Å². The number of amides is 2. The average molecular weight is 580 g/mol. The van der Waals surface area contributed by atoms with Crippen LogP contribution in [0, 0.1) is 0 Å². The van der Waals surface area contributed by atoms with Crippen LogP contribution in [-0.2, 0) is 14.4 Å². The summed E-state index contributed by atoms with van der Waals surface area (Å²) in [5.74, 6) is -2.23. The van der Waals surface area contributed by atoms with Gasteiger partial charge in [-0.25, -0.2) is 14.8 Å². The molecule has 0 radical (unpaired) electrons. The fourth-order valence-corrected chi connectivity index (χ4v) is 6.48.